The third kappa shape index (κ3) is 3.20. The predicted molar refractivity (Wildman–Crippen MR) is 65.6 cm³/mol. The summed E-state index contributed by atoms with van der Waals surface area (Å²) in [4.78, 5) is 25.0. The maximum atomic E-state index is 11.9. The zero-order valence-corrected chi connectivity index (χ0v) is 11.0. The van der Waals surface area contributed by atoms with Crippen LogP contribution in [0.4, 0.5) is 0 Å². The van der Waals surface area contributed by atoms with E-state index in [0.717, 1.165) is 6.42 Å². The molecule has 1 unspecified atom stereocenters. The zero-order chi connectivity index (χ0) is 13.1. The number of hydrogen-bond acceptors (Lipinski definition) is 2. The number of hydrogen-bond donors (Lipinski definition) is 1. The van der Waals surface area contributed by atoms with Gasteiger partial charge in [0.2, 0.25) is 5.91 Å². The first-order chi connectivity index (χ1) is 7.91. The van der Waals surface area contributed by atoms with Gasteiger partial charge in [-0.1, -0.05) is 27.2 Å². The summed E-state index contributed by atoms with van der Waals surface area (Å²) < 4.78 is 0. The van der Waals surface area contributed by atoms with Crippen molar-refractivity contribution in [2.24, 2.45) is 11.3 Å². The highest BCUT2D eigenvalue weighted by molar-refractivity contribution is 5.80. The number of carboxylic acids is 1. The van der Waals surface area contributed by atoms with Crippen LogP contribution in [0.25, 0.3) is 0 Å². The summed E-state index contributed by atoms with van der Waals surface area (Å²) in [5.74, 6) is -0.327. The Morgan fingerprint density at radius 3 is 2.53 bits per heavy atom. The van der Waals surface area contributed by atoms with Crippen LogP contribution < -0.4 is 0 Å². The molecule has 1 heterocycles. The minimum Gasteiger partial charge on any atom is -0.481 e. The van der Waals surface area contributed by atoms with Crippen molar-refractivity contribution in [3.8, 4) is 0 Å². The van der Waals surface area contributed by atoms with Crippen LogP contribution in [-0.4, -0.2) is 35.0 Å². The number of carbonyl (C=O) groups excluding carboxylic acids is 1. The average molecular weight is 241 g/mol. The van der Waals surface area contributed by atoms with E-state index in [1.807, 2.05) is 20.8 Å². The van der Waals surface area contributed by atoms with Crippen molar-refractivity contribution >= 4 is 11.9 Å². The molecule has 0 aromatic heterocycles. The number of rotatable bonds is 5. The molecule has 0 spiro atoms. The summed E-state index contributed by atoms with van der Waals surface area (Å²) in [6, 6.07) is 0. The first-order valence-electron chi connectivity index (χ1n) is 6.42. The van der Waals surface area contributed by atoms with E-state index >= 15 is 0 Å². The summed E-state index contributed by atoms with van der Waals surface area (Å²) in [6.45, 7) is 6.98. The van der Waals surface area contributed by atoms with Crippen molar-refractivity contribution in [3.05, 3.63) is 0 Å². The number of aliphatic carboxylic acids is 1. The molecule has 1 saturated heterocycles. The fourth-order valence-electron chi connectivity index (χ4n) is 2.53. The van der Waals surface area contributed by atoms with Crippen molar-refractivity contribution in [1.29, 1.82) is 0 Å². The molecule has 1 fully saturated rings. The lowest BCUT2D eigenvalue weighted by atomic mass is 9.83. The SMILES string of the molecule is CCCC1(C(=O)O)CCN(C(=O)CC(C)C)C1. The van der Waals surface area contributed by atoms with E-state index in [1.165, 1.54) is 0 Å². The number of nitrogens with zero attached hydrogens (tertiary/aromatic N) is 1. The van der Waals surface area contributed by atoms with E-state index in [1.54, 1.807) is 4.90 Å². The van der Waals surface area contributed by atoms with E-state index < -0.39 is 11.4 Å². The molecule has 0 aromatic carbocycles. The molecule has 0 radical (unpaired) electrons. The van der Waals surface area contributed by atoms with Gasteiger partial charge in [0, 0.05) is 19.5 Å². The zero-order valence-electron chi connectivity index (χ0n) is 11.0. The highest BCUT2D eigenvalue weighted by atomic mass is 16.4. The molecule has 0 aliphatic carbocycles. The Balaban J connectivity index is 2.66. The minimum atomic E-state index is -0.751. The van der Waals surface area contributed by atoms with Crippen molar-refractivity contribution in [2.75, 3.05) is 13.1 Å². The van der Waals surface area contributed by atoms with Gasteiger partial charge in [0.25, 0.3) is 0 Å². The quantitative estimate of drug-likeness (QED) is 0.802. The minimum absolute atomic E-state index is 0.0965. The molecule has 1 amide bonds. The predicted octanol–water partition coefficient (Wildman–Crippen LogP) is 2.14. The summed E-state index contributed by atoms with van der Waals surface area (Å²) in [7, 11) is 0. The fraction of sp³-hybridized carbons (Fsp3) is 0.846. The molecular formula is C13H23NO3. The Hall–Kier alpha value is -1.06. The van der Waals surface area contributed by atoms with E-state index in [2.05, 4.69) is 0 Å². The van der Waals surface area contributed by atoms with Crippen molar-refractivity contribution in [2.45, 2.75) is 46.5 Å². The lowest BCUT2D eigenvalue weighted by molar-refractivity contribution is -0.149. The van der Waals surface area contributed by atoms with Crippen LogP contribution >= 0.6 is 0 Å². The second-order valence-electron chi connectivity index (χ2n) is 5.50. The number of carbonyl (C=O) groups is 2. The smallest absolute Gasteiger partial charge is 0.311 e. The lowest BCUT2D eigenvalue weighted by Gasteiger charge is -2.24. The van der Waals surface area contributed by atoms with E-state index in [9.17, 15) is 14.7 Å². The number of amides is 1. The Morgan fingerprint density at radius 2 is 2.06 bits per heavy atom. The number of carboxylic acid groups (broad SMARTS) is 1. The molecule has 1 aliphatic rings. The van der Waals surface area contributed by atoms with Gasteiger partial charge in [0.05, 0.1) is 5.41 Å². The van der Waals surface area contributed by atoms with Crippen molar-refractivity contribution in [3.63, 3.8) is 0 Å². The average Bonchev–Trinajstić information content (AvgIpc) is 2.63. The Kier molecular flexibility index (Phi) is 4.54. The van der Waals surface area contributed by atoms with Crippen LogP contribution in [0.15, 0.2) is 0 Å². The summed E-state index contributed by atoms with van der Waals surface area (Å²) in [5.41, 5.74) is -0.693. The molecule has 0 saturated carbocycles. The molecule has 0 aromatic rings. The first-order valence-corrected chi connectivity index (χ1v) is 6.42. The molecule has 1 atom stereocenters. The van der Waals surface area contributed by atoms with Crippen LogP contribution in [0, 0.1) is 11.3 Å². The maximum Gasteiger partial charge on any atom is 0.311 e. The third-order valence-electron chi connectivity index (χ3n) is 3.47. The standard InChI is InChI=1S/C13H23NO3/c1-4-5-13(12(16)17)6-7-14(9-13)11(15)8-10(2)3/h10H,4-9H2,1-3H3,(H,16,17). The van der Waals surface area contributed by atoms with Gasteiger partial charge >= 0.3 is 5.97 Å². The van der Waals surface area contributed by atoms with Crippen LogP contribution in [0.3, 0.4) is 0 Å². The Labute approximate surface area is 103 Å². The normalized spacial score (nSPS) is 24.4. The van der Waals surface area contributed by atoms with Crippen molar-refractivity contribution < 1.29 is 14.7 Å². The second kappa shape index (κ2) is 5.52. The molecule has 0 bridgehead atoms. The molecular weight excluding hydrogens is 218 g/mol. The van der Waals surface area contributed by atoms with E-state index in [-0.39, 0.29) is 5.91 Å². The molecule has 4 heteroatoms. The highest BCUT2D eigenvalue weighted by Gasteiger charge is 2.45. The Morgan fingerprint density at radius 1 is 1.41 bits per heavy atom. The largest absolute Gasteiger partial charge is 0.481 e. The van der Waals surface area contributed by atoms with Gasteiger partial charge < -0.3 is 10.0 Å². The van der Waals surface area contributed by atoms with Gasteiger partial charge in [-0.3, -0.25) is 9.59 Å². The second-order valence-corrected chi connectivity index (χ2v) is 5.50. The molecule has 1 N–H and O–H groups in total. The topological polar surface area (TPSA) is 57.6 Å². The Bertz CT molecular complexity index is 301. The van der Waals surface area contributed by atoms with Crippen LogP contribution in [0.2, 0.25) is 0 Å². The summed E-state index contributed by atoms with van der Waals surface area (Å²) >= 11 is 0. The van der Waals surface area contributed by atoms with Gasteiger partial charge in [-0.25, -0.2) is 0 Å². The summed E-state index contributed by atoms with van der Waals surface area (Å²) in [5, 5.41) is 9.34. The first kappa shape index (κ1) is 14.0. The lowest BCUT2D eigenvalue weighted by Crippen LogP contribution is -2.37. The van der Waals surface area contributed by atoms with Crippen LogP contribution in [0.5, 0.6) is 0 Å². The van der Waals surface area contributed by atoms with Gasteiger partial charge in [0.1, 0.15) is 0 Å². The molecule has 17 heavy (non-hydrogen) atoms. The number of likely N-dealkylation sites (tertiary alicyclic amines) is 1. The highest BCUT2D eigenvalue weighted by Crippen LogP contribution is 2.35. The van der Waals surface area contributed by atoms with Gasteiger partial charge in [-0.15, -0.1) is 0 Å². The van der Waals surface area contributed by atoms with Crippen LogP contribution in [0.1, 0.15) is 46.5 Å². The van der Waals surface area contributed by atoms with Crippen LogP contribution in [-0.2, 0) is 9.59 Å². The van der Waals surface area contributed by atoms with Gasteiger partial charge in [-0.05, 0) is 18.8 Å². The van der Waals surface area contributed by atoms with E-state index in [4.69, 9.17) is 0 Å². The van der Waals surface area contributed by atoms with Crippen molar-refractivity contribution in [1.82, 2.24) is 4.90 Å². The molecule has 98 valence electrons. The van der Waals surface area contributed by atoms with E-state index in [0.29, 0.717) is 38.3 Å². The third-order valence-corrected chi connectivity index (χ3v) is 3.47. The molecule has 1 rings (SSSR count). The van der Waals surface area contributed by atoms with Gasteiger partial charge in [0.15, 0.2) is 0 Å². The monoisotopic (exact) mass is 241 g/mol. The molecule has 4 nitrogen and oxygen atoms in total. The fourth-order valence-corrected chi connectivity index (χ4v) is 2.53. The maximum absolute atomic E-state index is 11.9. The van der Waals surface area contributed by atoms with Gasteiger partial charge in [-0.2, -0.15) is 0 Å². The molecule has 1 aliphatic heterocycles. The summed E-state index contributed by atoms with van der Waals surface area (Å²) in [6.07, 6.45) is 2.62.